The molecule has 0 saturated heterocycles. The minimum atomic E-state index is -1.25. The van der Waals surface area contributed by atoms with Gasteiger partial charge in [0.1, 0.15) is 11.4 Å². The molecule has 1 fully saturated rings. The number of hydrogen-bond donors (Lipinski definition) is 3. The van der Waals surface area contributed by atoms with Crippen molar-refractivity contribution in [1.82, 2.24) is 10.6 Å². The molecule has 1 aliphatic carbocycles. The Morgan fingerprint density at radius 2 is 2.04 bits per heavy atom. The lowest BCUT2D eigenvalue weighted by molar-refractivity contribution is -0.126. The fourth-order valence-corrected chi connectivity index (χ4v) is 2.84. The average molecular weight is 322 g/mol. The highest BCUT2D eigenvalue weighted by molar-refractivity contribution is 5.80. The zero-order valence-corrected chi connectivity index (χ0v) is 13.6. The molecule has 0 aromatic carbocycles. The van der Waals surface area contributed by atoms with E-state index in [1.54, 1.807) is 19.1 Å². The quantitative estimate of drug-likeness (QED) is 0.712. The molecule has 3 N–H and O–H groups in total. The molecular weight excluding hydrogens is 296 g/mol. The second-order valence-electron chi connectivity index (χ2n) is 6.40. The number of furan rings is 1. The van der Waals surface area contributed by atoms with Crippen LogP contribution in [0.25, 0.3) is 0 Å². The molecule has 6 nitrogen and oxygen atoms in total. The van der Waals surface area contributed by atoms with Crippen LogP contribution in [-0.2, 0) is 15.2 Å². The van der Waals surface area contributed by atoms with Gasteiger partial charge in [-0.05, 0) is 31.9 Å². The molecule has 2 amide bonds. The smallest absolute Gasteiger partial charge is 0.223 e. The zero-order valence-electron chi connectivity index (χ0n) is 13.6. The van der Waals surface area contributed by atoms with Gasteiger partial charge in [-0.3, -0.25) is 9.59 Å². The second-order valence-corrected chi connectivity index (χ2v) is 6.40. The first-order valence-electron chi connectivity index (χ1n) is 8.30. The monoisotopic (exact) mass is 322 g/mol. The van der Waals surface area contributed by atoms with Crippen LogP contribution in [0.1, 0.15) is 51.2 Å². The third kappa shape index (κ3) is 5.39. The van der Waals surface area contributed by atoms with Crippen molar-refractivity contribution in [3.63, 3.8) is 0 Å². The Kier molecular flexibility index (Phi) is 6.21. The van der Waals surface area contributed by atoms with Crippen LogP contribution in [-0.4, -0.2) is 30.0 Å². The van der Waals surface area contributed by atoms with Gasteiger partial charge in [0.15, 0.2) is 0 Å². The van der Waals surface area contributed by atoms with Gasteiger partial charge >= 0.3 is 0 Å². The van der Waals surface area contributed by atoms with E-state index in [1.807, 2.05) is 0 Å². The molecule has 0 bridgehead atoms. The molecule has 0 spiro atoms. The molecule has 1 aromatic heterocycles. The van der Waals surface area contributed by atoms with Crippen molar-refractivity contribution in [2.75, 3.05) is 13.1 Å². The Labute approximate surface area is 136 Å². The summed E-state index contributed by atoms with van der Waals surface area (Å²) in [7, 11) is 0. The SMILES string of the molecule is CC(O)(CNC(=O)CCNC(=O)C1CCCCC1)c1ccco1. The molecule has 0 aliphatic heterocycles. The van der Waals surface area contributed by atoms with E-state index in [0.717, 1.165) is 25.7 Å². The number of carbonyl (C=O) groups is 2. The number of hydrogen-bond acceptors (Lipinski definition) is 4. The summed E-state index contributed by atoms with van der Waals surface area (Å²) in [6.45, 7) is 1.97. The molecular formula is C17H26N2O4. The van der Waals surface area contributed by atoms with Crippen molar-refractivity contribution in [2.45, 2.75) is 51.0 Å². The van der Waals surface area contributed by atoms with Gasteiger partial charge in [-0.15, -0.1) is 0 Å². The Bertz CT molecular complexity index is 505. The van der Waals surface area contributed by atoms with Gasteiger partial charge in [0.25, 0.3) is 0 Å². The third-order valence-corrected chi connectivity index (χ3v) is 4.31. The van der Waals surface area contributed by atoms with E-state index < -0.39 is 5.60 Å². The molecule has 2 rings (SSSR count). The van der Waals surface area contributed by atoms with Crippen molar-refractivity contribution < 1.29 is 19.1 Å². The fourth-order valence-electron chi connectivity index (χ4n) is 2.84. The number of rotatable bonds is 7. The molecule has 1 atom stereocenters. The highest BCUT2D eigenvalue weighted by Gasteiger charge is 2.26. The second kappa shape index (κ2) is 8.15. The largest absolute Gasteiger partial charge is 0.466 e. The number of nitrogens with one attached hydrogen (secondary N) is 2. The van der Waals surface area contributed by atoms with Gasteiger partial charge in [0.2, 0.25) is 11.8 Å². The summed E-state index contributed by atoms with van der Waals surface area (Å²) in [5.41, 5.74) is -1.25. The normalized spacial score (nSPS) is 18.2. The average Bonchev–Trinajstić information content (AvgIpc) is 3.09. The lowest BCUT2D eigenvalue weighted by atomic mass is 9.89. The predicted octanol–water partition coefficient (Wildman–Crippen LogP) is 1.69. The van der Waals surface area contributed by atoms with Crippen molar-refractivity contribution >= 4 is 11.8 Å². The zero-order chi connectivity index (χ0) is 16.7. The maximum Gasteiger partial charge on any atom is 0.223 e. The van der Waals surface area contributed by atoms with E-state index in [-0.39, 0.29) is 30.7 Å². The molecule has 128 valence electrons. The standard InChI is InChI=1S/C17H26N2O4/c1-17(22,14-8-5-11-23-14)12-19-15(20)9-10-18-16(21)13-6-3-2-4-7-13/h5,8,11,13,22H,2-4,6-7,9-10,12H2,1H3,(H,18,21)(H,19,20). The van der Waals surface area contributed by atoms with E-state index in [1.165, 1.54) is 12.7 Å². The molecule has 23 heavy (non-hydrogen) atoms. The third-order valence-electron chi connectivity index (χ3n) is 4.31. The summed E-state index contributed by atoms with van der Waals surface area (Å²) in [6.07, 6.45) is 7.01. The van der Waals surface area contributed by atoms with E-state index >= 15 is 0 Å². The van der Waals surface area contributed by atoms with E-state index in [9.17, 15) is 14.7 Å². The maximum atomic E-state index is 12.0. The van der Waals surface area contributed by atoms with Crippen LogP contribution in [0.5, 0.6) is 0 Å². The van der Waals surface area contributed by atoms with Crippen molar-refractivity contribution in [1.29, 1.82) is 0 Å². The molecule has 1 heterocycles. The van der Waals surface area contributed by atoms with Gasteiger partial charge in [0, 0.05) is 18.9 Å². The Balaban J connectivity index is 1.64. The summed E-state index contributed by atoms with van der Waals surface area (Å²) >= 11 is 0. The predicted molar refractivity (Wildman–Crippen MR) is 85.5 cm³/mol. The van der Waals surface area contributed by atoms with Crippen LogP contribution in [0.3, 0.4) is 0 Å². The van der Waals surface area contributed by atoms with Crippen molar-refractivity contribution in [3.8, 4) is 0 Å². The minimum Gasteiger partial charge on any atom is -0.466 e. The maximum absolute atomic E-state index is 12.0. The Morgan fingerprint density at radius 1 is 1.30 bits per heavy atom. The van der Waals surface area contributed by atoms with Gasteiger partial charge < -0.3 is 20.2 Å². The van der Waals surface area contributed by atoms with Crippen LogP contribution in [0.2, 0.25) is 0 Å². The first-order chi connectivity index (χ1) is 11.0. The van der Waals surface area contributed by atoms with Gasteiger partial charge in [0.05, 0.1) is 12.8 Å². The first-order valence-corrected chi connectivity index (χ1v) is 8.30. The fraction of sp³-hybridized carbons (Fsp3) is 0.647. The highest BCUT2D eigenvalue weighted by Crippen LogP contribution is 2.23. The van der Waals surface area contributed by atoms with Gasteiger partial charge in [-0.2, -0.15) is 0 Å². The minimum absolute atomic E-state index is 0.0556. The summed E-state index contributed by atoms with van der Waals surface area (Å²) in [4.78, 5) is 23.8. The Morgan fingerprint density at radius 3 is 2.70 bits per heavy atom. The molecule has 1 unspecified atom stereocenters. The van der Waals surface area contributed by atoms with Gasteiger partial charge in [-0.1, -0.05) is 19.3 Å². The Hall–Kier alpha value is -1.82. The first kappa shape index (κ1) is 17.5. The van der Waals surface area contributed by atoms with E-state index in [2.05, 4.69) is 10.6 Å². The number of amides is 2. The summed E-state index contributed by atoms with van der Waals surface area (Å²) in [5, 5.41) is 15.7. The molecule has 1 aromatic rings. The topological polar surface area (TPSA) is 91.6 Å². The number of aliphatic hydroxyl groups is 1. The van der Waals surface area contributed by atoms with Crippen LogP contribution in [0, 0.1) is 5.92 Å². The molecule has 1 aliphatic rings. The lowest BCUT2D eigenvalue weighted by Crippen LogP contribution is -2.40. The highest BCUT2D eigenvalue weighted by atomic mass is 16.4. The van der Waals surface area contributed by atoms with Crippen molar-refractivity contribution in [2.24, 2.45) is 5.92 Å². The van der Waals surface area contributed by atoms with Gasteiger partial charge in [-0.25, -0.2) is 0 Å². The van der Waals surface area contributed by atoms with E-state index in [0.29, 0.717) is 12.3 Å². The van der Waals surface area contributed by atoms with Crippen LogP contribution >= 0.6 is 0 Å². The lowest BCUT2D eigenvalue weighted by Gasteiger charge is -2.22. The molecule has 6 heteroatoms. The van der Waals surface area contributed by atoms with Crippen LogP contribution in [0.4, 0.5) is 0 Å². The summed E-state index contributed by atoms with van der Waals surface area (Å²) in [6, 6.07) is 3.35. The van der Waals surface area contributed by atoms with E-state index in [4.69, 9.17) is 4.42 Å². The summed E-state index contributed by atoms with van der Waals surface area (Å²) < 4.78 is 5.15. The van der Waals surface area contributed by atoms with Crippen LogP contribution in [0.15, 0.2) is 22.8 Å². The number of carbonyl (C=O) groups excluding carboxylic acids is 2. The van der Waals surface area contributed by atoms with Crippen LogP contribution < -0.4 is 10.6 Å². The molecule has 0 radical (unpaired) electrons. The molecule has 1 saturated carbocycles. The van der Waals surface area contributed by atoms with Crippen molar-refractivity contribution in [3.05, 3.63) is 24.2 Å². The summed E-state index contributed by atoms with van der Waals surface area (Å²) in [5.74, 6) is 0.357.